The van der Waals surface area contributed by atoms with Crippen LogP contribution < -0.4 is 10.2 Å². The standard InChI is InChI=1S/C18H27N7O/c1-12-13(2)20-18(23(4)5)21-17(12)19-10-15-9-16-11-24(14(3)26)7-6-8-25(16)22-15/h9H,6-8,10-11H2,1-5H3,(H,19,20,21). The maximum absolute atomic E-state index is 11.7. The highest BCUT2D eigenvalue weighted by Crippen LogP contribution is 2.20. The quantitative estimate of drug-likeness (QED) is 0.898. The van der Waals surface area contributed by atoms with E-state index in [1.54, 1.807) is 6.92 Å². The molecular formula is C18H27N7O. The van der Waals surface area contributed by atoms with Crippen LogP contribution in [0.1, 0.15) is 36.0 Å². The van der Waals surface area contributed by atoms with Crippen LogP contribution in [-0.2, 0) is 24.4 Å². The zero-order valence-electron chi connectivity index (χ0n) is 16.2. The molecule has 140 valence electrons. The second-order valence-electron chi connectivity index (χ2n) is 6.97. The molecule has 1 aliphatic rings. The summed E-state index contributed by atoms with van der Waals surface area (Å²) in [6.07, 6.45) is 0.928. The van der Waals surface area contributed by atoms with Crippen LogP contribution >= 0.6 is 0 Å². The van der Waals surface area contributed by atoms with Gasteiger partial charge in [-0.25, -0.2) is 4.98 Å². The minimum absolute atomic E-state index is 0.114. The number of anilines is 2. The second kappa shape index (κ2) is 7.31. The van der Waals surface area contributed by atoms with E-state index in [2.05, 4.69) is 21.4 Å². The van der Waals surface area contributed by atoms with Gasteiger partial charge in [-0.3, -0.25) is 9.48 Å². The first-order valence-corrected chi connectivity index (χ1v) is 8.92. The fraction of sp³-hybridized carbons (Fsp3) is 0.556. The third-order valence-electron chi connectivity index (χ3n) is 4.72. The molecule has 0 saturated heterocycles. The van der Waals surface area contributed by atoms with Gasteiger partial charge in [0.25, 0.3) is 0 Å². The largest absolute Gasteiger partial charge is 0.364 e. The number of rotatable bonds is 4. The Bertz CT molecular complexity index is 812. The fourth-order valence-electron chi connectivity index (χ4n) is 3.04. The SMILES string of the molecule is CC(=O)N1CCCn2nc(CNc3nc(N(C)C)nc(C)c3C)cc2C1. The molecule has 0 aromatic carbocycles. The van der Waals surface area contributed by atoms with Gasteiger partial charge in [0.05, 0.1) is 24.5 Å². The van der Waals surface area contributed by atoms with Crippen molar-refractivity contribution in [2.24, 2.45) is 0 Å². The third kappa shape index (κ3) is 3.79. The van der Waals surface area contributed by atoms with Crippen LogP contribution in [0.25, 0.3) is 0 Å². The highest BCUT2D eigenvalue weighted by Gasteiger charge is 2.18. The molecule has 26 heavy (non-hydrogen) atoms. The molecule has 1 aliphatic heterocycles. The zero-order valence-corrected chi connectivity index (χ0v) is 16.2. The van der Waals surface area contributed by atoms with Crippen molar-refractivity contribution in [1.82, 2.24) is 24.6 Å². The Hall–Kier alpha value is -2.64. The van der Waals surface area contributed by atoms with Crippen molar-refractivity contribution < 1.29 is 4.79 Å². The number of nitrogens with zero attached hydrogens (tertiary/aromatic N) is 6. The summed E-state index contributed by atoms with van der Waals surface area (Å²) in [6, 6.07) is 2.07. The van der Waals surface area contributed by atoms with Gasteiger partial charge in [-0.2, -0.15) is 10.1 Å². The number of aromatic nitrogens is 4. The Morgan fingerprint density at radius 1 is 1.27 bits per heavy atom. The number of carbonyl (C=O) groups excluding carboxylic acids is 1. The summed E-state index contributed by atoms with van der Waals surface area (Å²) in [7, 11) is 3.86. The normalized spacial score (nSPS) is 14.0. The molecule has 0 saturated carbocycles. The topological polar surface area (TPSA) is 79.2 Å². The summed E-state index contributed by atoms with van der Waals surface area (Å²) in [4.78, 5) is 24.6. The fourth-order valence-corrected chi connectivity index (χ4v) is 3.04. The van der Waals surface area contributed by atoms with E-state index in [0.29, 0.717) is 19.0 Å². The summed E-state index contributed by atoms with van der Waals surface area (Å²) in [6.45, 7) is 8.48. The summed E-state index contributed by atoms with van der Waals surface area (Å²) in [5, 5.41) is 8.08. The van der Waals surface area contributed by atoms with Gasteiger partial charge in [-0.15, -0.1) is 0 Å². The Morgan fingerprint density at radius 2 is 2.04 bits per heavy atom. The van der Waals surface area contributed by atoms with E-state index in [9.17, 15) is 4.79 Å². The maximum Gasteiger partial charge on any atom is 0.227 e. The van der Waals surface area contributed by atoms with Crippen molar-refractivity contribution in [2.45, 2.75) is 46.8 Å². The van der Waals surface area contributed by atoms with Gasteiger partial charge in [-0.05, 0) is 26.3 Å². The smallest absolute Gasteiger partial charge is 0.227 e. The van der Waals surface area contributed by atoms with E-state index >= 15 is 0 Å². The summed E-state index contributed by atoms with van der Waals surface area (Å²) >= 11 is 0. The lowest BCUT2D eigenvalue weighted by molar-refractivity contribution is -0.129. The van der Waals surface area contributed by atoms with Crippen LogP contribution in [0.5, 0.6) is 0 Å². The average Bonchev–Trinajstić information content (AvgIpc) is 2.85. The van der Waals surface area contributed by atoms with Crippen molar-refractivity contribution in [3.8, 4) is 0 Å². The predicted octanol–water partition coefficient (Wildman–Crippen LogP) is 1.72. The van der Waals surface area contributed by atoms with Crippen molar-refractivity contribution in [3.63, 3.8) is 0 Å². The van der Waals surface area contributed by atoms with E-state index in [4.69, 9.17) is 5.10 Å². The van der Waals surface area contributed by atoms with E-state index in [1.807, 2.05) is 42.4 Å². The van der Waals surface area contributed by atoms with Crippen LogP contribution in [0, 0.1) is 13.8 Å². The lowest BCUT2D eigenvalue weighted by atomic mass is 10.2. The molecule has 0 atom stereocenters. The number of fused-ring (bicyclic) bond motifs is 1. The number of aryl methyl sites for hydroxylation is 2. The first kappa shape index (κ1) is 18.2. The molecular weight excluding hydrogens is 330 g/mol. The molecule has 8 heteroatoms. The van der Waals surface area contributed by atoms with Crippen molar-refractivity contribution in [2.75, 3.05) is 30.9 Å². The molecule has 0 bridgehead atoms. The molecule has 3 rings (SSSR count). The first-order chi connectivity index (χ1) is 12.3. The molecule has 8 nitrogen and oxygen atoms in total. The number of nitrogens with one attached hydrogen (secondary N) is 1. The van der Waals surface area contributed by atoms with Gasteiger partial charge in [0.15, 0.2) is 0 Å². The molecule has 1 amide bonds. The molecule has 0 aliphatic carbocycles. The minimum Gasteiger partial charge on any atom is -0.364 e. The number of carbonyl (C=O) groups is 1. The molecule has 0 spiro atoms. The lowest BCUT2D eigenvalue weighted by Gasteiger charge is -2.17. The highest BCUT2D eigenvalue weighted by atomic mass is 16.2. The zero-order chi connectivity index (χ0) is 18.8. The Kier molecular flexibility index (Phi) is 5.11. The van der Waals surface area contributed by atoms with E-state index in [0.717, 1.165) is 48.0 Å². The van der Waals surface area contributed by atoms with Gasteiger partial charge < -0.3 is 15.1 Å². The first-order valence-electron chi connectivity index (χ1n) is 8.92. The van der Waals surface area contributed by atoms with Gasteiger partial charge in [0.1, 0.15) is 5.82 Å². The van der Waals surface area contributed by atoms with Gasteiger partial charge in [-0.1, -0.05) is 0 Å². The van der Waals surface area contributed by atoms with Gasteiger partial charge >= 0.3 is 0 Å². The Balaban J connectivity index is 1.75. The Labute approximate surface area is 154 Å². The van der Waals surface area contributed by atoms with Crippen molar-refractivity contribution in [1.29, 1.82) is 0 Å². The van der Waals surface area contributed by atoms with E-state index in [1.165, 1.54) is 0 Å². The minimum atomic E-state index is 0.114. The molecule has 0 fully saturated rings. The lowest BCUT2D eigenvalue weighted by Crippen LogP contribution is -2.28. The molecule has 2 aromatic heterocycles. The Morgan fingerprint density at radius 3 is 2.73 bits per heavy atom. The molecule has 0 unspecified atom stereocenters. The molecule has 1 N–H and O–H groups in total. The summed E-state index contributed by atoms with van der Waals surface area (Å²) in [5.41, 5.74) is 4.04. The monoisotopic (exact) mass is 357 g/mol. The van der Waals surface area contributed by atoms with E-state index in [-0.39, 0.29) is 5.91 Å². The van der Waals surface area contributed by atoms with Crippen molar-refractivity contribution in [3.05, 3.63) is 28.7 Å². The van der Waals surface area contributed by atoms with Crippen LogP contribution in [0.3, 0.4) is 0 Å². The van der Waals surface area contributed by atoms with Crippen LogP contribution in [0.15, 0.2) is 6.07 Å². The molecule has 3 heterocycles. The van der Waals surface area contributed by atoms with E-state index < -0.39 is 0 Å². The van der Waals surface area contributed by atoms with Crippen LogP contribution in [-0.4, -0.2) is 51.2 Å². The molecule has 0 radical (unpaired) electrons. The number of hydrogen-bond acceptors (Lipinski definition) is 6. The molecule has 2 aromatic rings. The van der Waals surface area contributed by atoms with Crippen LogP contribution in [0.4, 0.5) is 11.8 Å². The summed E-state index contributed by atoms with van der Waals surface area (Å²) in [5.74, 6) is 1.63. The second-order valence-corrected chi connectivity index (χ2v) is 6.97. The summed E-state index contributed by atoms with van der Waals surface area (Å²) < 4.78 is 2.02. The predicted molar refractivity (Wildman–Crippen MR) is 101 cm³/mol. The number of hydrogen-bond donors (Lipinski definition) is 1. The average molecular weight is 357 g/mol. The van der Waals surface area contributed by atoms with Crippen LogP contribution in [0.2, 0.25) is 0 Å². The number of amides is 1. The van der Waals surface area contributed by atoms with Gasteiger partial charge in [0.2, 0.25) is 11.9 Å². The van der Waals surface area contributed by atoms with Crippen molar-refractivity contribution >= 4 is 17.7 Å². The maximum atomic E-state index is 11.7. The third-order valence-corrected chi connectivity index (χ3v) is 4.72. The highest BCUT2D eigenvalue weighted by molar-refractivity contribution is 5.73. The van der Waals surface area contributed by atoms with Gasteiger partial charge in [0, 0.05) is 45.4 Å².